The first kappa shape index (κ1) is 24.3. The summed E-state index contributed by atoms with van der Waals surface area (Å²) in [4.78, 5) is 33.9. The van der Waals surface area contributed by atoms with Crippen molar-refractivity contribution in [2.24, 2.45) is 4.99 Å². The number of esters is 1. The molecule has 1 aromatic carbocycles. The lowest BCUT2D eigenvalue weighted by atomic mass is 9.93. The summed E-state index contributed by atoms with van der Waals surface area (Å²) in [5.74, 6) is -0.428. The summed E-state index contributed by atoms with van der Waals surface area (Å²) in [6.45, 7) is 8.14. The second-order valence-electron chi connectivity index (χ2n) is 8.61. The number of allylic oxidation sites excluding steroid dienone is 1. The van der Waals surface area contributed by atoms with Gasteiger partial charge in [0.15, 0.2) is 5.17 Å². The van der Waals surface area contributed by atoms with Gasteiger partial charge in [-0.15, -0.1) is 11.3 Å². The number of amidine groups is 1. The lowest BCUT2D eigenvalue weighted by Crippen LogP contribution is -2.38. The maximum atomic E-state index is 13.2. The number of aryl methyl sites for hydroxylation is 1. The maximum absolute atomic E-state index is 13.2. The molecule has 0 saturated heterocycles. The van der Waals surface area contributed by atoms with Crippen LogP contribution in [0.25, 0.3) is 0 Å². The van der Waals surface area contributed by atoms with E-state index < -0.39 is 6.04 Å². The molecule has 8 heteroatoms. The highest BCUT2D eigenvalue weighted by Crippen LogP contribution is 2.44. The minimum absolute atomic E-state index is 0.0510. The highest BCUT2D eigenvalue weighted by atomic mass is 32.2. The molecule has 0 unspecified atom stereocenters. The zero-order valence-corrected chi connectivity index (χ0v) is 21.5. The first-order valence-electron chi connectivity index (χ1n) is 11.3. The van der Waals surface area contributed by atoms with Crippen LogP contribution in [0.5, 0.6) is 0 Å². The van der Waals surface area contributed by atoms with Crippen molar-refractivity contribution in [1.29, 1.82) is 0 Å². The molecule has 34 heavy (non-hydrogen) atoms. The number of nitrogens with zero attached hydrogens (tertiary/aromatic N) is 2. The van der Waals surface area contributed by atoms with E-state index in [-0.39, 0.29) is 24.4 Å². The third-order valence-electron chi connectivity index (χ3n) is 5.57. The molecule has 2 aliphatic heterocycles. The molecule has 3 heterocycles. The van der Waals surface area contributed by atoms with Crippen LogP contribution in [0.1, 0.15) is 49.2 Å². The van der Waals surface area contributed by atoms with Crippen molar-refractivity contribution in [3.8, 4) is 0 Å². The molecule has 6 nitrogen and oxygen atoms in total. The van der Waals surface area contributed by atoms with E-state index in [1.165, 1.54) is 16.6 Å². The molecule has 1 aromatic heterocycles. The summed E-state index contributed by atoms with van der Waals surface area (Å²) in [6.07, 6.45) is 0.783. The van der Waals surface area contributed by atoms with Gasteiger partial charge >= 0.3 is 5.97 Å². The molecule has 0 fully saturated rings. The predicted octanol–water partition coefficient (Wildman–Crippen LogP) is 5.33. The quantitative estimate of drug-likeness (QED) is 0.501. The second-order valence-corrected chi connectivity index (χ2v) is 10.5. The van der Waals surface area contributed by atoms with E-state index in [4.69, 9.17) is 9.73 Å². The number of fused-ring (bicyclic) bond motifs is 1. The number of hydrogen-bond donors (Lipinski definition) is 1. The van der Waals surface area contributed by atoms with Gasteiger partial charge in [0.25, 0.3) is 0 Å². The van der Waals surface area contributed by atoms with E-state index in [0.29, 0.717) is 17.8 Å². The topological polar surface area (TPSA) is 71.0 Å². The van der Waals surface area contributed by atoms with Gasteiger partial charge in [-0.1, -0.05) is 47.7 Å². The Balaban J connectivity index is 1.57. The standard InChI is InChI=1S/C26H29N3O3S2/c1-16(2)32-25(31)23-18(4)28-26-29(24(23)19-9-7-17(3)8-10-19)20(15-34-26)14-22(30)27-12-11-21-6-5-13-33-21/h5-10,13,15-16,24H,11-12,14H2,1-4H3,(H,27,30)/t24-/m1/s1. The van der Waals surface area contributed by atoms with Crippen LogP contribution in [-0.4, -0.2) is 34.6 Å². The van der Waals surface area contributed by atoms with E-state index in [1.807, 2.05) is 73.7 Å². The van der Waals surface area contributed by atoms with Crippen LogP contribution in [0.4, 0.5) is 0 Å². The minimum atomic E-state index is -0.403. The Hall–Kier alpha value is -2.84. The van der Waals surface area contributed by atoms with E-state index in [9.17, 15) is 9.59 Å². The van der Waals surface area contributed by atoms with Gasteiger partial charge in [-0.2, -0.15) is 0 Å². The average molecular weight is 496 g/mol. The number of aliphatic imine (C=N–C) groups is 1. The molecular formula is C26H29N3O3S2. The Morgan fingerprint density at radius 1 is 1.18 bits per heavy atom. The number of nitrogens with one attached hydrogen (secondary N) is 1. The van der Waals surface area contributed by atoms with Gasteiger partial charge in [0, 0.05) is 17.1 Å². The third-order valence-corrected chi connectivity index (χ3v) is 7.40. The van der Waals surface area contributed by atoms with Crippen molar-refractivity contribution in [1.82, 2.24) is 10.2 Å². The zero-order valence-electron chi connectivity index (χ0n) is 19.8. The van der Waals surface area contributed by atoms with E-state index in [1.54, 1.807) is 11.3 Å². The number of hydrogen-bond acceptors (Lipinski definition) is 7. The molecule has 1 atom stereocenters. The smallest absolute Gasteiger partial charge is 0.338 e. The molecule has 0 saturated carbocycles. The highest BCUT2D eigenvalue weighted by Gasteiger charge is 2.41. The van der Waals surface area contributed by atoms with Crippen LogP contribution in [0.15, 0.2) is 69.1 Å². The maximum Gasteiger partial charge on any atom is 0.338 e. The summed E-state index contributed by atoms with van der Waals surface area (Å²) in [5, 5.41) is 7.79. The van der Waals surface area contributed by atoms with Crippen LogP contribution < -0.4 is 5.32 Å². The van der Waals surface area contributed by atoms with E-state index >= 15 is 0 Å². The molecule has 0 bridgehead atoms. The molecule has 2 aromatic rings. The highest BCUT2D eigenvalue weighted by molar-refractivity contribution is 8.16. The number of thiophene rings is 1. The zero-order chi connectivity index (χ0) is 24.2. The minimum Gasteiger partial charge on any atom is -0.459 e. The number of carbonyl (C=O) groups is 2. The van der Waals surface area contributed by atoms with Crippen LogP contribution in [0.3, 0.4) is 0 Å². The molecular weight excluding hydrogens is 466 g/mol. The number of ether oxygens (including phenoxy) is 1. The number of thioether (sulfide) groups is 1. The summed E-state index contributed by atoms with van der Waals surface area (Å²) < 4.78 is 5.59. The van der Waals surface area contributed by atoms with Crippen molar-refractivity contribution in [2.45, 2.75) is 52.7 Å². The van der Waals surface area contributed by atoms with Gasteiger partial charge < -0.3 is 15.0 Å². The lowest BCUT2D eigenvalue weighted by molar-refractivity contribution is -0.143. The molecule has 2 aliphatic rings. The van der Waals surface area contributed by atoms with Crippen molar-refractivity contribution in [3.05, 3.63) is 80.2 Å². The van der Waals surface area contributed by atoms with Crippen molar-refractivity contribution < 1.29 is 14.3 Å². The molecule has 1 N–H and O–H groups in total. The molecule has 4 rings (SSSR count). The predicted molar refractivity (Wildman–Crippen MR) is 138 cm³/mol. The van der Waals surface area contributed by atoms with Gasteiger partial charge in [-0.05, 0) is 56.5 Å². The van der Waals surface area contributed by atoms with Gasteiger partial charge in [-0.25, -0.2) is 9.79 Å². The van der Waals surface area contributed by atoms with Crippen molar-refractivity contribution in [2.75, 3.05) is 6.54 Å². The van der Waals surface area contributed by atoms with Gasteiger partial charge in [-0.3, -0.25) is 4.79 Å². The molecule has 0 radical (unpaired) electrons. The summed E-state index contributed by atoms with van der Waals surface area (Å²) >= 11 is 3.17. The Morgan fingerprint density at radius 3 is 2.62 bits per heavy atom. The number of rotatable bonds is 8. The van der Waals surface area contributed by atoms with E-state index in [2.05, 4.69) is 11.4 Å². The van der Waals surface area contributed by atoms with Gasteiger partial charge in [0.2, 0.25) is 5.91 Å². The van der Waals surface area contributed by atoms with Crippen LogP contribution in [-0.2, 0) is 20.7 Å². The number of amides is 1. The fraction of sp³-hybridized carbons (Fsp3) is 0.346. The monoisotopic (exact) mass is 495 g/mol. The van der Waals surface area contributed by atoms with Crippen LogP contribution in [0.2, 0.25) is 0 Å². The SMILES string of the molecule is CC1=C(C(=O)OC(C)C)[C@@H](c2ccc(C)cc2)N2C(CC(=O)NCCc3cccs3)=CSC2=N1. The number of benzene rings is 1. The molecule has 178 valence electrons. The lowest BCUT2D eigenvalue weighted by Gasteiger charge is -2.36. The average Bonchev–Trinajstić information content (AvgIpc) is 3.43. The second kappa shape index (κ2) is 10.6. The van der Waals surface area contributed by atoms with Crippen molar-refractivity contribution in [3.63, 3.8) is 0 Å². The first-order chi connectivity index (χ1) is 16.3. The van der Waals surface area contributed by atoms with Crippen LogP contribution >= 0.6 is 23.1 Å². The number of carbonyl (C=O) groups excluding carboxylic acids is 2. The summed E-state index contributed by atoms with van der Waals surface area (Å²) in [6, 6.07) is 11.8. The Morgan fingerprint density at radius 2 is 1.94 bits per heavy atom. The fourth-order valence-corrected chi connectivity index (χ4v) is 5.65. The summed E-state index contributed by atoms with van der Waals surface area (Å²) in [7, 11) is 0. The molecule has 0 aliphatic carbocycles. The Kier molecular flexibility index (Phi) is 7.58. The van der Waals surface area contributed by atoms with Gasteiger partial charge in [0.05, 0.1) is 29.8 Å². The molecule has 0 spiro atoms. The normalized spacial score (nSPS) is 17.4. The fourth-order valence-electron chi connectivity index (χ4n) is 3.98. The largest absolute Gasteiger partial charge is 0.459 e. The summed E-state index contributed by atoms with van der Waals surface area (Å²) in [5.41, 5.74) is 4.07. The van der Waals surface area contributed by atoms with Crippen LogP contribution in [0, 0.1) is 6.92 Å². The third kappa shape index (κ3) is 5.45. The van der Waals surface area contributed by atoms with E-state index in [0.717, 1.165) is 28.4 Å². The molecule has 1 amide bonds. The van der Waals surface area contributed by atoms with Gasteiger partial charge in [0.1, 0.15) is 0 Å². The Labute approximate surface area is 208 Å². The first-order valence-corrected chi connectivity index (χ1v) is 13.1. The van der Waals surface area contributed by atoms with Crippen molar-refractivity contribution >= 4 is 40.1 Å². The Bertz CT molecular complexity index is 1150.